The highest BCUT2D eigenvalue weighted by molar-refractivity contribution is 9.10. The molecule has 1 saturated carbocycles. The summed E-state index contributed by atoms with van der Waals surface area (Å²) in [5.41, 5.74) is 1.70. The minimum Gasteiger partial charge on any atom is -0.381 e. The number of benzene rings is 1. The summed E-state index contributed by atoms with van der Waals surface area (Å²) in [6.07, 6.45) is 7.75. The van der Waals surface area contributed by atoms with Gasteiger partial charge >= 0.3 is 0 Å². The zero-order valence-corrected chi connectivity index (χ0v) is 11.5. The van der Waals surface area contributed by atoms with Crippen LogP contribution in [0.4, 0.5) is 5.69 Å². The lowest BCUT2D eigenvalue weighted by Crippen LogP contribution is -2.18. The molecule has 1 N–H and O–H groups in total. The van der Waals surface area contributed by atoms with Crippen LogP contribution in [0.15, 0.2) is 22.7 Å². The van der Waals surface area contributed by atoms with E-state index in [-0.39, 0.29) is 0 Å². The number of hydrogen-bond acceptors (Lipinski definition) is 2. The Morgan fingerprint density at radius 2 is 1.88 bits per heavy atom. The van der Waals surface area contributed by atoms with Crippen molar-refractivity contribution in [3.8, 4) is 6.07 Å². The van der Waals surface area contributed by atoms with Gasteiger partial charge in [0.15, 0.2) is 0 Å². The first-order valence-corrected chi connectivity index (χ1v) is 7.05. The number of anilines is 1. The number of nitrogens with zero attached hydrogens (tertiary/aromatic N) is 1. The van der Waals surface area contributed by atoms with Crippen LogP contribution in [0.3, 0.4) is 0 Å². The fourth-order valence-corrected chi connectivity index (χ4v) is 2.74. The van der Waals surface area contributed by atoms with Gasteiger partial charge < -0.3 is 5.32 Å². The molecule has 1 aromatic carbocycles. The van der Waals surface area contributed by atoms with E-state index < -0.39 is 0 Å². The molecule has 0 unspecified atom stereocenters. The Hall–Kier alpha value is -1.01. The topological polar surface area (TPSA) is 35.8 Å². The van der Waals surface area contributed by atoms with E-state index in [4.69, 9.17) is 5.26 Å². The van der Waals surface area contributed by atoms with Gasteiger partial charge in [0.05, 0.1) is 11.3 Å². The summed E-state index contributed by atoms with van der Waals surface area (Å²) in [7, 11) is 0. The monoisotopic (exact) mass is 292 g/mol. The first-order chi connectivity index (χ1) is 8.29. The van der Waals surface area contributed by atoms with E-state index in [1.54, 1.807) is 0 Å². The second kappa shape index (κ2) is 6.07. The molecule has 0 bridgehead atoms. The fraction of sp³-hybridized carbons (Fsp3) is 0.500. The zero-order chi connectivity index (χ0) is 12.1. The largest absolute Gasteiger partial charge is 0.381 e. The number of hydrogen-bond donors (Lipinski definition) is 1. The molecule has 0 spiro atoms. The molecule has 0 aliphatic heterocycles. The number of nitriles is 1. The lowest BCUT2D eigenvalue weighted by atomic mass is 10.1. The maximum absolute atomic E-state index is 9.12. The van der Waals surface area contributed by atoms with E-state index in [0.717, 1.165) is 15.7 Å². The van der Waals surface area contributed by atoms with Crippen molar-refractivity contribution in [2.24, 2.45) is 0 Å². The van der Waals surface area contributed by atoms with E-state index in [1.165, 1.54) is 38.5 Å². The molecule has 2 rings (SSSR count). The summed E-state index contributed by atoms with van der Waals surface area (Å²) in [6, 6.07) is 8.64. The molecular weight excluding hydrogens is 276 g/mol. The molecule has 0 heterocycles. The van der Waals surface area contributed by atoms with Crippen LogP contribution < -0.4 is 5.32 Å². The van der Waals surface area contributed by atoms with Gasteiger partial charge in [-0.05, 0) is 31.0 Å². The summed E-state index contributed by atoms with van der Waals surface area (Å²) in [5, 5.41) is 12.6. The highest BCUT2D eigenvalue weighted by Gasteiger charge is 2.13. The second-order valence-electron chi connectivity index (χ2n) is 4.63. The lowest BCUT2D eigenvalue weighted by Gasteiger charge is -2.18. The fourth-order valence-electron chi connectivity index (χ4n) is 2.38. The van der Waals surface area contributed by atoms with Crippen molar-refractivity contribution in [1.29, 1.82) is 5.26 Å². The van der Waals surface area contributed by atoms with Crippen molar-refractivity contribution in [3.63, 3.8) is 0 Å². The van der Waals surface area contributed by atoms with E-state index >= 15 is 0 Å². The predicted octanol–water partition coefficient (Wildman–Crippen LogP) is 4.46. The average molecular weight is 293 g/mol. The molecule has 0 saturated heterocycles. The van der Waals surface area contributed by atoms with Crippen LogP contribution in [0.1, 0.15) is 44.1 Å². The molecule has 90 valence electrons. The van der Waals surface area contributed by atoms with Crippen LogP contribution in [0.25, 0.3) is 0 Å². The van der Waals surface area contributed by atoms with Gasteiger partial charge in [-0.15, -0.1) is 0 Å². The maximum Gasteiger partial charge on any atom is 0.101 e. The number of rotatable bonds is 2. The zero-order valence-electron chi connectivity index (χ0n) is 9.88. The van der Waals surface area contributed by atoms with Gasteiger partial charge in [-0.3, -0.25) is 0 Å². The van der Waals surface area contributed by atoms with Crippen molar-refractivity contribution < 1.29 is 0 Å². The van der Waals surface area contributed by atoms with Crippen molar-refractivity contribution >= 4 is 21.6 Å². The summed E-state index contributed by atoms with van der Waals surface area (Å²) in [6.45, 7) is 0. The number of nitrogens with one attached hydrogen (secondary N) is 1. The molecule has 1 aliphatic carbocycles. The summed E-state index contributed by atoms with van der Waals surface area (Å²) in [5.74, 6) is 0. The van der Waals surface area contributed by atoms with Crippen LogP contribution in [0.5, 0.6) is 0 Å². The standard InChI is InChI=1S/C14H17BrN2/c15-12-7-8-14(11(9-12)10-16)17-13-5-3-1-2-4-6-13/h7-9,13,17H,1-6H2. The van der Waals surface area contributed by atoms with Crippen LogP contribution in [-0.2, 0) is 0 Å². The molecular formula is C14H17BrN2. The third-order valence-electron chi connectivity index (χ3n) is 3.32. The minimum absolute atomic E-state index is 0.533. The Labute approximate surface area is 111 Å². The second-order valence-corrected chi connectivity index (χ2v) is 5.55. The highest BCUT2D eigenvalue weighted by Crippen LogP contribution is 2.25. The normalized spacial score (nSPS) is 17.2. The quantitative estimate of drug-likeness (QED) is 0.817. The predicted molar refractivity (Wildman–Crippen MR) is 74.0 cm³/mol. The highest BCUT2D eigenvalue weighted by atomic mass is 79.9. The van der Waals surface area contributed by atoms with Gasteiger partial charge in [-0.1, -0.05) is 41.6 Å². The van der Waals surface area contributed by atoms with Gasteiger partial charge in [0.2, 0.25) is 0 Å². The van der Waals surface area contributed by atoms with Crippen molar-refractivity contribution in [2.75, 3.05) is 5.32 Å². The third-order valence-corrected chi connectivity index (χ3v) is 3.81. The van der Waals surface area contributed by atoms with Gasteiger partial charge in [-0.25, -0.2) is 0 Å². The SMILES string of the molecule is N#Cc1cc(Br)ccc1NC1CCCCCC1. The van der Waals surface area contributed by atoms with E-state index in [1.807, 2.05) is 18.2 Å². The Kier molecular flexibility index (Phi) is 4.44. The number of halogens is 1. The van der Waals surface area contributed by atoms with Gasteiger partial charge in [0, 0.05) is 10.5 Å². The third kappa shape index (κ3) is 3.47. The van der Waals surface area contributed by atoms with Crippen LogP contribution >= 0.6 is 15.9 Å². The van der Waals surface area contributed by atoms with E-state index in [2.05, 4.69) is 27.3 Å². The average Bonchev–Trinajstić information content (AvgIpc) is 2.60. The van der Waals surface area contributed by atoms with E-state index in [0.29, 0.717) is 6.04 Å². The molecule has 1 fully saturated rings. The first kappa shape index (κ1) is 12.4. The van der Waals surface area contributed by atoms with Crippen molar-refractivity contribution in [1.82, 2.24) is 0 Å². The smallest absolute Gasteiger partial charge is 0.101 e. The molecule has 0 atom stereocenters. The first-order valence-electron chi connectivity index (χ1n) is 6.26. The van der Waals surface area contributed by atoms with Gasteiger partial charge in [-0.2, -0.15) is 5.26 Å². The van der Waals surface area contributed by atoms with Crippen LogP contribution in [0.2, 0.25) is 0 Å². The Morgan fingerprint density at radius 3 is 2.53 bits per heavy atom. The van der Waals surface area contributed by atoms with Crippen LogP contribution in [0, 0.1) is 11.3 Å². The minimum atomic E-state index is 0.533. The molecule has 0 amide bonds. The molecule has 3 heteroatoms. The molecule has 1 aromatic rings. The molecule has 0 aromatic heterocycles. The molecule has 0 radical (unpaired) electrons. The maximum atomic E-state index is 9.12. The Bertz CT molecular complexity index is 415. The molecule has 2 nitrogen and oxygen atoms in total. The van der Waals surface area contributed by atoms with Crippen molar-refractivity contribution in [3.05, 3.63) is 28.2 Å². The van der Waals surface area contributed by atoms with Gasteiger partial charge in [0.1, 0.15) is 6.07 Å². The Morgan fingerprint density at radius 1 is 1.18 bits per heavy atom. The van der Waals surface area contributed by atoms with E-state index in [9.17, 15) is 0 Å². The summed E-state index contributed by atoms with van der Waals surface area (Å²) in [4.78, 5) is 0. The van der Waals surface area contributed by atoms with Crippen molar-refractivity contribution in [2.45, 2.75) is 44.6 Å². The lowest BCUT2D eigenvalue weighted by molar-refractivity contribution is 0.620. The summed E-state index contributed by atoms with van der Waals surface area (Å²) < 4.78 is 0.959. The summed E-state index contributed by atoms with van der Waals surface area (Å²) >= 11 is 3.40. The Balaban J connectivity index is 2.09. The van der Waals surface area contributed by atoms with Crippen LogP contribution in [-0.4, -0.2) is 6.04 Å². The molecule has 17 heavy (non-hydrogen) atoms. The molecule has 1 aliphatic rings. The van der Waals surface area contributed by atoms with Gasteiger partial charge in [0.25, 0.3) is 0 Å².